The van der Waals surface area contributed by atoms with Crippen LogP contribution in [0.25, 0.3) is 0 Å². The zero-order valence-electron chi connectivity index (χ0n) is 15.0. The van der Waals surface area contributed by atoms with Gasteiger partial charge in [0.15, 0.2) is 17.6 Å². The van der Waals surface area contributed by atoms with Crippen LogP contribution in [0.5, 0.6) is 17.2 Å². The minimum Gasteiger partial charge on any atom is -0.496 e. The van der Waals surface area contributed by atoms with Crippen LogP contribution in [-0.2, 0) is 4.74 Å². The zero-order chi connectivity index (χ0) is 17.6. The van der Waals surface area contributed by atoms with E-state index in [1.165, 1.54) is 0 Å². The second kappa shape index (κ2) is 8.23. The van der Waals surface area contributed by atoms with E-state index in [0.29, 0.717) is 18.1 Å². The summed E-state index contributed by atoms with van der Waals surface area (Å²) in [6.07, 6.45) is -0.393. The molecule has 25 heavy (non-hydrogen) atoms. The Bertz CT molecular complexity index is 691. The molecule has 2 unspecified atom stereocenters. The van der Waals surface area contributed by atoms with Crippen LogP contribution >= 0.6 is 0 Å². The number of methoxy groups -OCH3 is 2. The maximum Gasteiger partial charge on any atom is 0.162 e. The standard InChI is InChI=1S/C20H25NO4/c1-21-12-13-24-19(14-21)20(15-8-4-5-9-16(15)22-2)25-18-11-7-6-10-17(18)23-3/h4-11,19-20H,12-14H2,1-3H3. The average molecular weight is 343 g/mol. The Morgan fingerprint density at radius 3 is 2.28 bits per heavy atom. The van der Waals surface area contributed by atoms with Crippen molar-refractivity contribution in [3.63, 3.8) is 0 Å². The first kappa shape index (κ1) is 17.6. The number of morpholine rings is 1. The molecule has 1 heterocycles. The van der Waals surface area contributed by atoms with E-state index in [1.807, 2.05) is 48.5 Å². The summed E-state index contributed by atoms with van der Waals surface area (Å²) >= 11 is 0. The van der Waals surface area contributed by atoms with Gasteiger partial charge in [-0.05, 0) is 25.2 Å². The fourth-order valence-electron chi connectivity index (χ4n) is 3.09. The van der Waals surface area contributed by atoms with Crippen molar-refractivity contribution < 1.29 is 18.9 Å². The maximum absolute atomic E-state index is 6.40. The van der Waals surface area contributed by atoms with Gasteiger partial charge in [-0.15, -0.1) is 0 Å². The molecule has 0 saturated carbocycles. The molecule has 0 bridgehead atoms. The van der Waals surface area contributed by atoms with Crippen LogP contribution < -0.4 is 14.2 Å². The van der Waals surface area contributed by atoms with Crippen molar-refractivity contribution in [2.24, 2.45) is 0 Å². The van der Waals surface area contributed by atoms with Gasteiger partial charge in [-0.3, -0.25) is 0 Å². The van der Waals surface area contributed by atoms with E-state index in [4.69, 9.17) is 18.9 Å². The summed E-state index contributed by atoms with van der Waals surface area (Å²) in [6.45, 7) is 2.39. The molecule has 0 aliphatic carbocycles. The van der Waals surface area contributed by atoms with Crippen molar-refractivity contribution in [3.05, 3.63) is 54.1 Å². The van der Waals surface area contributed by atoms with Gasteiger partial charge in [0, 0.05) is 18.7 Å². The quantitative estimate of drug-likeness (QED) is 0.806. The molecule has 0 N–H and O–H groups in total. The van der Waals surface area contributed by atoms with Crippen LogP contribution in [0.15, 0.2) is 48.5 Å². The SMILES string of the molecule is COc1ccccc1OC(c1ccccc1OC)C1CN(C)CCO1. The molecule has 134 valence electrons. The summed E-state index contributed by atoms with van der Waals surface area (Å²) in [7, 11) is 5.41. The normalized spacial score (nSPS) is 19.2. The first-order chi connectivity index (χ1) is 12.2. The Labute approximate surface area is 149 Å². The van der Waals surface area contributed by atoms with Gasteiger partial charge in [-0.25, -0.2) is 0 Å². The minimum absolute atomic E-state index is 0.0973. The lowest BCUT2D eigenvalue weighted by molar-refractivity contribution is -0.0768. The molecule has 0 radical (unpaired) electrons. The Hall–Kier alpha value is -2.24. The number of likely N-dealkylation sites (N-methyl/N-ethyl adjacent to an activating group) is 1. The first-order valence-electron chi connectivity index (χ1n) is 8.45. The monoisotopic (exact) mass is 343 g/mol. The molecule has 0 aromatic heterocycles. The molecule has 5 nitrogen and oxygen atoms in total. The van der Waals surface area contributed by atoms with Crippen LogP contribution in [-0.4, -0.2) is 52.0 Å². The van der Waals surface area contributed by atoms with E-state index >= 15 is 0 Å². The van der Waals surface area contributed by atoms with E-state index < -0.39 is 0 Å². The number of nitrogens with zero attached hydrogens (tertiary/aromatic N) is 1. The van der Waals surface area contributed by atoms with Gasteiger partial charge in [-0.1, -0.05) is 30.3 Å². The van der Waals surface area contributed by atoms with Gasteiger partial charge in [0.05, 0.1) is 20.8 Å². The third kappa shape index (κ3) is 4.06. The third-order valence-electron chi connectivity index (χ3n) is 4.40. The molecular weight excluding hydrogens is 318 g/mol. The van der Waals surface area contributed by atoms with Gasteiger partial charge in [0.2, 0.25) is 0 Å². The average Bonchev–Trinajstić information content (AvgIpc) is 2.66. The van der Waals surface area contributed by atoms with Gasteiger partial charge < -0.3 is 23.8 Å². The molecule has 3 rings (SSSR count). The van der Waals surface area contributed by atoms with Crippen molar-refractivity contribution in [1.82, 2.24) is 4.90 Å². The van der Waals surface area contributed by atoms with Crippen LogP contribution in [0, 0.1) is 0 Å². The van der Waals surface area contributed by atoms with Crippen LogP contribution in [0.2, 0.25) is 0 Å². The third-order valence-corrected chi connectivity index (χ3v) is 4.40. The summed E-state index contributed by atoms with van der Waals surface area (Å²) in [4.78, 5) is 2.25. The second-order valence-electron chi connectivity index (χ2n) is 6.10. The molecule has 1 aliphatic heterocycles. The summed E-state index contributed by atoms with van der Waals surface area (Å²) in [6, 6.07) is 15.6. The predicted octanol–water partition coefficient (Wildman–Crippen LogP) is 3.15. The van der Waals surface area contributed by atoms with Crippen LogP contribution in [0.4, 0.5) is 0 Å². The largest absolute Gasteiger partial charge is 0.496 e. The van der Waals surface area contributed by atoms with Crippen LogP contribution in [0.3, 0.4) is 0 Å². The molecule has 1 aliphatic rings. The Morgan fingerprint density at radius 1 is 0.960 bits per heavy atom. The lowest BCUT2D eigenvalue weighted by atomic mass is 10.0. The van der Waals surface area contributed by atoms with Crippen molar-refractivity contribution >= 4 is 0 Å². The Morgan fingerprint density at radius 2 is 1.60 bits per heavy atom. The van der Waals surface area contributed by atoms with E-state index in [1.54, 1.807) is 14.2 Å². The van der Waals surface area contributed by atoms with Crippen molar-refractivity contribution in [1.29, 1.82) is 0 Å². The highest BCUT2D eigenvalue weighted by molar-refractivity contribution is 5.42. The zero-order valence-corrected chi connectivity index (χ0v) is 15.0. The fraction of sp³-hybridized carbons (Fsp3) is 0.400. The topological polar surface area (TPSA) is 40.2 Å². The molecule has 5 heteroatoms. The van der Waals surface area contributed by atoms with Gasteiger partial charge >= 0.3 is 0 Å². The highest BCUT2D eigenvalue weighted by Crippen LogP contribution is 2.37. The molecular formula is C20H25NO4. The number of rotatable bonds is 6. The maximum atomic E-state index is 6.40. The summed E-state index contributed by atoms with van der Waals surface area (Å²) in [5, 5.41) is 0. The van der Waals surface area contributed by atoms with Gasteiger partial charge in [-0.2, -0.15) is 0 Å². The summed E-state index contributed by atoms with van der Waals surface area (Å²) < 4.78 is 23.4. The smallest absolute Gasteiger partial charge is 0.162 e. The number of hydrogen-bond acceptors (Lipinski definition) is 5. The summed E-state index contributed by atoms with van der Waals surface area (Å²) in [5.41, 5.74) is 0.969. The van der Waals surface area contributed by atoms with E-state index in [-0.39, 0.29) is 12.2 Å². The number of hydrogen-bond donors (Lipinski definition) is 0. The Kier molecular flexibility index (Phi) is 5.79. The number of para-hydroxylation sites is 3. The second-order valence-corrected chi connectivity index (χ2v) is 6.10. The van der Waals surface area contributed by atoms with Crippen LogP contribution in [0.1, 0.15) is 11.7 Å². The van der Waals surface area contributed by atoms with E-state index in [0.717, 1.165) is 24.4 Å². The van der Waals surface area contributed by atoms with Gasteiger partial charge in [0.25, 0.3) is 0 Å². The number of benzene rings is 2. The van der Waals surface area contributed by atoms with E-state index in [9.17, 15) is 0 Å². The minimum atomic E-state index is -0.296. The highest BCUT2D eigenvalue weighted by atomic mass is 16.6. The lowest BCUT2D eigenvalue weighted by Gasteiger charge is -2.36. The molecule has 0 amide bonds. The molecule has 1 saturated heterocycles. The molecule has 2 aromatic carbocycles. The van der Waals surface area contributed by atoms with E-state index in [2.05, 4.69) is 11.9 Å². The molecule has 1 fully saturated rings. The van der Waals surface area contributed by atoms with Crippen molar-refractivity contribution in [3.8, 4) is 17.2 Å². The predicted molar refractivity (Wildman–Crippen MR) is 96.6 cm³/mol. The van der Waals surface area contributed by atoms with Gasteiger partial charge in [0.1, 0.15) is 11.9 Å². The fourth-order valence-corrected chi connectivity index (χ4v) is 3.09. The summed E-state index contributed by atoms with van der Waals surface area (Å²) in [5.74, 6) is 2.18. The highest BCUT2D eigenvalue weighted by Gasteiger charge is 2.32. The molecule has 2 atom stereocenters. The number of ether oxygens (including phenoxy) is 4. The first-order valence-corrected chi connectivity index (χ1v) is 8.45. The molecule has 2 aromatic rings. The van der Waals surface area contributed by atoms with Crippen molar-refractivity contribution in [2.45, 2.75) is 12.2 Å². The lowest BCUT2D eigenvalue weighted by Crippen LogP contribution is -2.44. The molecule has 0 spiro atoms. The van der Waals surface area contributed by atoms with Crippen molar-refractivity contribution in [2.75, 3.05) is 41.0 Å². The Balaban J connectivity index is 1.96.